The molecule has 0 radical (unpaired) electrons. The largest absolute Gasteiger partial charge is 0.473 e. The predicted octanol–water partition coefficient (Wildman–Crippen LogP) is 3.18. The average molecular weight is 422 g/mol. The molecule has 0 aliphatic heterocycles. The second kappa shape index (κ2) is 8.14. The molecule has 31 heavy (non-hydrogen) atoms. The van der Waals surface area contributed by atoms with E-state index in [1.165, 1.54) is 0 Å². The summed E-state index contributed by atoms with van der Waals surface area (Å²) in [5.41, 5.74) is 1.70. The zero-order valence-electron chi connectivity index (χ0n) is 17.4. The normalized spacial score (nSPS) is 20.7. The molecule has 3 aromatic heterocycles. The van der Waals surface area contributed by atoms with Gasteiger partial charge in [-0.2, -0.15) is 9.61 Å². The van der Waals surface area contributed by atoms with Gasteiger partial charge >= 0.3 is 0 Å². The molecule has 0 unspecified atom stereocenters. The first-order valence-corrected chi connectivity index (χ1v) is 10.8. The van der Waals surface area contributed by atoms with Crippen molar-refractivity contribution >= 4 is 28.8 Å². The third-order valence-electron chi connectivity index (χ3n) is 5.85. The van der Waals surface area contributed by atoms with Crippen LogP contribution in [0.2, 0.25) is 0 Å². The van der Waals surface area contributed by atoms with E-state index in [4.69, 9.17) is 4.74 Å². The number of aliphatic hydroxyl groups is 1. The Morgan fingerprint density at radius 1 is 1.32 bits per heavy atom. The van der Waals surface area contributed by atoms with Crippen molar-refractivity contribution in [1.29, 1.82) is 0 Å². The molecule has 3 heterocycles. The molecule has 2 fully saturated rings. The average Bonchev–Trinajstić information content (AvgIpc) is 3.32. The topological polar surface area (TPSA) is 114 Å². The maximum atomic E-state index is 13.0. The van der Waals surface area contributed by atoms with E-state index in [9.17, 15) is 9.90 Å². The fourth-order valence-electron chi connectivity index (χ4n) is 4.07. The number of hydrogen-bond acceptors (Lipinski definition) is 8. The molecule has 0 saturated heterocycles. The van der Waals surface area contributed by atoms with E-state index in [-0.39, 0.29) is 23.9 Å². The van der Waals surface area contributed by atoms with Crippen molar-refractivity contribution in [3.05, 3.63) is 36.2 Å². The molecule has 0 spiro atoms. The Kier molecular flexibility index (Phi) is 5.19. The van der Waals surface area contributed by atoms with Crippen molar-refractivity contribution < 1.29 is 14.6 Å². The third kappa shape index (κ3) is 4.18. The molecule has 5 rings (SSSR count). The summed E-state index contributed by atoms with van der Waals surface area (Å²) < 4.78 is 7.53. The Morgan fingerprint density at radius 2 is 2.19 bits per heavy atom. The molecule has 2 aliphatic rings. The first-order chi connectivity index (χ1) is 15.1. The number of pyridine rings is 1. The molecular weight excluding hydrogens is 396 g/mol. The molecular formula is C22H26N6O3. The Bertz CT molecular complexity index is 1110. The van der Waals surface area contributed by atoms with Crippen LogP contribution in [0.1, 0.15) is 48.9 Å². The number of carbonyl (C=O) groups is 1. The van der Waals surface area contributed by atoms with Gasteiger partial charge in [-0.15, -0.1) is 0 Å². The summed E-state index contributed by atoms with van der Waals surface area (Å²) in [7, 11) is 1.80. The zero-order chi connectivity index (χ0) is 21.4. The van der Waals surface area contributed by atoms with Crippen molar-refractivity contribution in [1.82, 2.24) is 19.6 Å². The summed E-state index contributed by atoms with van der Waals surface area (Å²) in [5.74, 6) is 2.02. The SMILES string of the molecule is CNc1cc(Nc2cccnc2OC2CC2)nc2c(C(=O)C[C@@H]3CC[C@@H](O)C3)cnn12. The van der Waals surface area contributed by atoms with Crippen LogP contribution in [-0.2, 0) is 0 Å². The first kappa shape index (κ1) is 19.7. The Hall–Kier alpha value is -3.20. The van der Waals surface area contributed by atoms with Crippen molar-refractivity contribution in [2.45, 2.75) is 50.7 Å². The van der Waals surface area contributed by atoms with Crippen LogP contribution in [0.5, 0.6) is 5.88 Å². The smallest absolute Gasteiger partial charge is 0.238 e. The van der Waals surface area contributed by atoms with Gasteiger partial charge in [0.1, 0.15) is 23.4 Å². The number of Topliss-reactive ketones (excluding diaryl/α,β-unsaturated/α-hetero) is 1. The summed E-state index contributed by atoms with van der Waals surface area (Å²) in [5, 5.41) is 20.5. The van der Waals surface area contributed by atoms with Crippen molar-refractivity contribution in [3.63, 3.8) is 0 Å². The summed E-state index contributed by atoms with van der Waals surface area (Å²) in [6.07, 6.45) is 8.01. The second-order valence-corrected chi connectivity index (χ2v) is 8.33. The van der Waals surface area contributed by atoms with Crippen molar-refractivity contribution in [2.75, 3.05) is 17.7 Å². The maximum absolute atomic E-state index is 13.0. The lowest BCUT2D eigenvalue weighted by Crippen LogP contribution is -2.09. The number of rotatable bonds is 8. The number of ketones is 1. The standard InChI is InChI=1S/C22H26N6O3/c1-23-20-11-19(26-17-3-2-8-24-22(17)31-15-6-7-15)27-21-16(12-25-28(20)21)18(30)10-13-4-5-14(29)9-13/h2-3,8,11-15,23,29H,4-7,9-10H2,1H3,(H,26,27)/t13-,14-/m1/s1. The molecule has 0 aromatic carbocycles. The van der Waals surface area contributed by atoms with Crippen molar-refractivity contribution in [2.24, 2.45) is 5.92 Å². The van der Waals surface area contributed by atoms with E-state index in [0.29, 0.717) is 41.6 Å². The molecule has 2 atom stereocenters. The zero-order valence-corrected chi connectivity index (χ0v) is 17.4. The van der Waals surface area contributed by atoms with E-state index < -0.39 is 0 Å². The fraction of sp³-hybridized carbons (Fsp3) is 0.455. The van der Waals surface area contributed by atoms with Gasteiger partial charge in [0, 0.05) is 25.7 Å². The van der Waals surface area contributed by atoms with Gasteiger partial charge in [0.25, 0.3) is 0 Å². The number of aliphatic hydroxyl groups excluding tert-OH is 1. The number of ether oxygens (including phenoxy) is 1. The molecule has 2 aliphatic carbocycles. The monoisotopic (exact) mass is 422 g/mol. The Morgan fingerprint density at radius 3 is 2.94 bits per heavy atom. The predicted molar refractivity (Wildman–Crippen MR) is 116 cm³/mol. The minimum atomic E-state index is -0.293. The summed E-state index contributed by atoms with van der Waals surface area (Å²) in [4.78, 5) is 22.0. The Balaban J connectivity index is 1.44. The van der Waals surface area contributed by atoms with Gasteiger partial charge in [-0.1, -0.05) is 0 Å². The van der Waals surface area contributed by atoms with Crippen LogP contribution in [0.4, 0.5) is 17.3 Å². The number of hydrogen-bond donors (Lipinski definition) is 3. The van der Waals surface area contributed by atoms with Crippen LogP contribution < -0.4 is 15.4 Å². The van der Waals surface area contributed by atoms with Crippen LogP contribution in [0.3, 0.4) is 0 Å². The number of aromatic nitrogens is 4. The van der Waals surface area contributed by atoms with Crippen LogP contribution in [0, 0.1) is 5.92 Å². The third-order valence-corrected chi connectivity index (χ3v) is 5.85. The van der Waals surface area contributed by atoms with E-state index in [1.807, 2.05) is 18.2 Å². The summed E-state index contributed by atoms with van der Waals surface area (Å²) in [6.45, 7) is 0. The van der Waals surface area contributed by atoms with Gasteiger partial charge in [-0.25, -0.2) is 9.97 Å². The minimum absolute atomic E-state index is 0.0000587. The van der Waals surface area contributed by atoms with Gasteiger partial charge < -0.3 is 20.5 Å². The van der Waals surface area contributed by atoms with Crippen LogP contribution >= 0.6 is 0 Å². The Labute approximate surface area is 179 Å². The highest BCUT2D eigenvalue weighted by Gasteiger charge is 2.27. The molecule has 9 nitrogen and oxygen atoms in total. The number of nitrogens with zero attached hydrogens (tertiary/aromatic N) is 4. The van der Waals surface area contributed by atoms with E-state index in [2.05, 4.69) is 25.7 Å². The summed E-state index contributed by atoms with van der Waals surface area (Å²) >= 11 is 0. The molecule has 162 valence electrons. The summed E-state index contributed by atoms with van der Waals surface area (Å²) in [6, 6.07) is 5.56. The van der Waals surface area contributed by atoms with Gasteiger partial charge in [0.2, 0.25) is 5.88 Å². The quantitative estimate of drug-likeness (QED) is 0.474. The lowest BCUT2D eigenvalue weighted by Gasteiger charge is -2.13. The number of nitrogens with one attached hydrogen (secondary N) is 2. The fourth-order valence-corrected chi connectivity index (χ4v) is 4.07. The van der Waals surface area contributed by atoms with Gasteiger partial charge in [0.15, 0.2) is 11.4 Å². The highest BCUT2D eigenvalue weighted by Crippen LogP contribution is 2.33. The van der Waals surface area contributed by atoms with Gasteiger partial charge in [0.05, 0.1) is 17.9 Å². The molecule has 2 saturated carbocycles. The molecule has 3 aromatic rings. The van der Waals surface area contributed by atoms with Crippen LogP contribution in [0.15, 0.2) is 30.6 Å². The van der Waals surface area contributed by atoms with E-state index >= 15 is 0 Å². The molecule has 3 N–H and O–H groups in total. The highest BCUT2D eigenvalue weighted by atomic mass is 16.5. The second-order valence-electron chi connectivity index (χ2n) is 8.33. The highest BCUT2D eigenvalue weighted by molar-refractivity contribution is 6.01. The van der Waals surface area contributed by atoms with Gasteiger partial charge in [-0.05, 0) is 50.2 Å². The number of carbonyl (C=O) groups excluding carboxylic acids is 1. The molecule has 0 amide bonds. The lowest BCUT2D eigenvalue weighted by molar-refractivity contribution is 0.0959. The van der Waals surface area contributed by atoms with Crippen LogP contribution in [-0.4, -0.2) is 49.7 Å². The van der Waals surface area contributed by atoms with Gasteiger partial charge in [-0.3, -0.25) is 4.79 Å². The van der Waals surface area contributed by atoms with E-state index in [1.54, 1.807) is 24.0 Å². The van der Waals surface area contributed by atoms with E-state index in [0.717, 1.165) is 31.4 Å². The van der Waals surface area contributed by atoms with Crippen LogP contribution in [0.25, 0.3) is 5.65 Å². The lowest BCUT2D eigenvalue weighted by atomic mass is 9.98. The number of anilines is 3. The number of fused-ring (bicyclic) bond motifs is 1. The minimum Gasteiger partial charge on any atom is -0.473 e. The first-order valence-electron chi connectivity index (χ1n) is 10.8. The molecule has 0 bridgehead atoms. The molecule has 9 heteroatoms. The van der Waals surface area contributed by atoms with Crippen molar-refractivity contribution in [3.8, 4) is 5.88 Å². The maximum Gasteiger partial charge on any atom is 0.238 e.